The summed E-state index contributed by atoms with van der Waals surface area (Å²) in [7, 11) is -2.15. The van der Waals surface area contributed by atoms with Crippen molar-refractivity contribution >= 4 is 32.8 Å². The van der Waals surface area contributed by atoms with Gasteiger partial charge in [-0.25, -0.2) is 23.1 Å². The lowest BCUT2D eigenvalue weighted by Crippen LogP contribution is -2.25. The molecule has 0 saturated heterocycles. The van der Waals surface area contributed by atoms with Gasteiger partial charge in [0.15, 0.2) is 5.65 Å². The van der Waals surface area contributed by atoms with Crippen LogP contribution in [0.4, 0.5) is 5.69 Å². The molecule has 1 aromatic carbocycles. The standard InChI is InChI=1S/C19H23N5O4S/c1-3-18(25)22-14-6-8-15(9-7-14)29(26,27)21-13-17-23-16-5-4-10-20-19(16)24(17)11-12-28-2/h4-10,21H,3,11-13H2,1-2H3,(H,22,25). The average molecular weight is 417 g/mol. The summed E-state index contributed by atoms with van der Waals surface area (Å²) < 4.78 is 34.9. The van der Waals surface area contributed by atoms with Crippen molar-refractivity contribution in [1.29, 1.82) is 0 Å². The van der Waals surface area contributed by atoms with Crippen molar-refractivity contribution in [3.05, 3.63) is 48.4 Å². The van der Waals surface area contributed by atoms with E-state index in [1.54, 1.807) is 38.4 Å². The monoisotopic (exact) mass is 417 g/mol. The molecule has 3 rings (SSSR count). The van der Waals surface area contributed by atoms with E-state index in [1.165, 1.54) is 12.1 Å². The number of hydrogen-bond donors (Lipinski definition) is 2. The molecule has 9 nitrogen and oxygen atoms in total. The highest BCUT2D eigenvalue weighted by Crippen LogP contribution is 2.17. The molecular weight excluding hydrogens is 394 g/mol. The molecule has 1 amide bonds. The van der Waals surface area contributed by atoms with E-state index in [-0.39, 0.29) is 17.3 Å². The van der Waals surface area contributed by atoms with Crippen LogP contribution in [0.1, 0.15) is 19.2 Å². The molecule has 154 valence electrons. The number of fused-ring (bicyclic) bond motifs is 1. The van der Waals surface area contributed by atoms with Crippen LogP contribution in [0, 0.1) is 0 Å². The summed E-state index contributed by atoms with van der Waals surface area (Å²) in [5.41, 5.74) is 1.91. The number of anilines is 1. The Morgan fingerprint density at radius 3 is 2.66 bits per heavy atom. The van der Waals surface area contributed by atoms with Crippen LogP contribution in [0.25, 0.3) is 11.2 Å². The number of pyridine rings is 1. The maximum atomic E-state index is 12.7. The third-order valence-corrected chi connectivity index (χ3v) is 5.71. The molecular formula is C19H23N5O4S. The zero-order valence-corrected chi connectivity index (χ0v) is 17.1. The van der Waals surface area contributed by atoms with Gasteiger partial charge in [-0.3, -0.25) is 4.79 Å². The second kappa shape index (κ2) is 9.12. The molecule has 0 atom stereocenters. The first kappa shape index (κ1) is 20.9. The third-order valence-electron chi connectivity index (χ3n) is 4.29. The lowest BCUT2D eigenvalue weighted by Gasteiger charge is -2.10. The molecule has 2 aromatic heterocycles. The number of amides is 1. The quantitative estimate of drug-likeness (QED) is 0.549. The summed E-state index contributed by atoms with van der Waals surface area (Å²) in [5.74, 6) is 0.411. The zero-order valence-electron chi connectivity index (χ0n) is 16.3. The number of nitrogens with zero attached hydrogens (tertiary/aromatic N) is 3. The van der Waals surface area contributed by atoms with E-state index in [0.29, 0.717) is 42.2 Å². The Bertz CT molecular complexity index is 1090. The number of sulfonamides is 1. The first-order chi connectivity index (χ1) is 13.9. The van der Waals surface area contributed by atoms with E-state index < -0.39 is 10.0 Å². The first-order valence-corrected chi connectivity index (χ1v) is 10.6. The molecule has 0 saturated carbocycles. The number of imidazole rings is 1. The van der Waals surface area contributed by atoms with Crippen LogP contribution in [-0.2, 0) is 32.6 Å². The summed E-state index contributed by atoms with van der Waals surface area (Å²) in [4.78, 5) is 20.4. The number of aromatic nitrogens is 3. The number of carbonyl (C=O) groups is 1. The summed E-state index contributed by atoms with van der Waals surface area (Å²) in [6.45, 7) is 2.71. The number of rotatable bonds is 9. The van der Waals surface area contributed by atoms with Gasteiger partial charge < -0.3 is 14.6 Å². The van der Waals surface area contributed by atoms with Gasteiger partial charge in [0.1, 0.15) is 11.3 Å². The van der Waals surface area contributed by atoms with Crippen LogP contribution in [0.3, 0.4) is 0 Å². The number of hydrogen-bond acceptors (Lipinski definition) is 6. The maximum Gasteiger partial charge on any atom is 0.240 e. The second-order valence-electron chi connectivity index (χ2n) is 6.27. The van der Waals surface area contributed by atoms with E-state index >= 15 is 0 Å². The molecule has 2 heterocycles. The molecule has 0 unspecified atom stereocenters. The number of benzene rings is 1. The second-order valence-corrected chi connectivity index (χ2v) is 8.04. The maximum absolute atomic E-state index is 12.7. The van der Waals surface area contributed by atoms with Crippen molar-refractivity contribution < 1.29 is 17.9 Å². The minimum Gasteiger partial charge on any atom is -0.383 e. The van der Waals surface area contributed by atoms with Crippen molar-refractivity contribution in [3.63, 3.8) is 0 Å². The number of methoxy groups -OCH3 is 1. The third kappa shape index (κ3) is 4.97. The normalized spacial score (nSPS) is 11.7. The topological polar surface area (TPSA) is 115 Å². The van der Waals surface area contributed by atoms with Crippen molar-refractivity contribution in [2.75, 3.05) is 19.0 Å². The van der Waals surface area contributed by atoms with Crippen molar-refractivity contribution in [2.45, 2.75) is 31.3 Å². The van der Waals surface area contributed by atoms with Crippen molar-refractivity contribution in [3.8, 4) is 0 Å². The molecule has 0 radical (unpaired) electrons. The van der Waals surface area contributed by atoms with Crippen molar-refractivity contribution in [2.24, 2.45) is 0 Å². The Hall–Kier alpha value is -2.82. The summed E-state index contributed by atoms with van der Waals surface area (Å²) >= 11 is 0. The molecule has 0 fully saturated rings. The van der Waals surface area contributed by atoms with E-state index in [1.807, 2.05) is 10.6 Å². The minimum atomic E-state index is -3.75. The van der Waals surface area contributed by atoms with Crippen LogP contribution < -0.4 is 10.0 Å². The smallest absolute Gasteiger partial charge is 0.240 e. The van der Waals surface area contributed by atoms with Gasteiger partial charge in [-0.15, -0.1) is 0 Å². The van der Waals surface area contributed by atoms with E-state index in [9.17, 15) is 13.2 Å². The van der Waals surface area contributed by atoms with Gasteiger partial charge in [0.05, 0.1) is 18.0 Å². The average Bonchev–Trinajstić information content (AvgIpc) is 3.08. The van der Waals surface area contributed by atoms with Crippen LogP contribution in [-0.4, -0.2) is 42.6 Å². The Morgan fingerprint density at radius 1 is 1.21 bits per heavy atom. The Balaban J connectivity index is 1.77. The largest absolute Gasteiger partial charge is 0.383 e. The van der Waals surface area contributed by atoms with Gasteiger partial charge in [0.25, 0.3) is 0 Å². The van der Waals surface area contributed by atoms with Crippen LogP contribution in [0.15, 0.2) is 47.5 Å². The fraction of sp³-hybridized carbons (Fsp3) is 0.316. The first-order valence-electron chi connectivity index (χ1n) is 9.13. The number of ether oxygens (including phenoxy) is 1. The summed E-state index contributed by atoms with van der Waals surface area (Å²) in [6, 6.07) is 9.61. The Morgan fingerprint density at radius 2 is 1.97 bits per heavy atom. The molecule has 0 bridgehead atoms. The van der Waals surface area contributed by atoms with E-state index in [2.05, 4.69) is 20.0 Å². The van der Waals surface area contributed by atoms with Gasteiger partial charge in [-0.05, 0) is 36.4 Å². The van der Waals surface area contributed by atoms with Crippen molar-refractivity contribution in [1.82, 2.24) is 19.3 Å². The highest BCUT2D eigenvalue weighted by molar-refractivity contribution is 7.89. The number of carbonyl (C=O) groups excluding carboxylic acids is 1. The molecule has 2 N–H and O–H groups in total. The minimum absolute atomic E-state index is 0.0106. The summed E-state index contributed by atoms with van der Waals surface area (Å²) in [5, 5.41) is 2.68. The molecule has 29 heavy (non-hydrogen) atoms. The molecule has 10 heteroatoms. The van der Waals surface area contributed by atoms with Gasteiger partial charge in [-0.2, -0.15) is 0 Å². The molecule has 0 aliphatic rings. The van der Waals surface area contributed by atoms with Gasteiger partial charge in [0.2, 0.25) is 15.9 Å². The highest BCUT2D eigenvalue weighted by Gasteiger charge is 2.17. The summed E-state index contributed by atoms with van der Waals surface area (Å²) in [6.07, 6.45) is 2.01. The SMILES string of the molecule is CCC(=O)Nc1ccc(S(=O)(=O)NCc2nc3cccnc3n2CCOC)cc1. The Kier molecular flexibility index (Phi) is 6.57. The highest BCUT2D eigenvalue weighted by atomic mass is 32.2. The fourth-order valence-corrected chi connectivity index (χ4v) is 3.75. The molecule has 0 aliphatic heterocycles. The molecule has 0 spiro atoms. The van der Waals surface area contributed by atoms with Gasteiger partial charge >= 0.3 is 0 Å². The predicted molar refractivity (Wildman–Crippen MR) is 109 cm³/mol. The van der Waals surface area contributed by atoms with Gasteiger partial charge in [0, 0.05) is 32.0 Å². The lowest BCUT2D eigenvalue weighted by molar-refractivity contribution is -0.115. The molecule has 3 aromatic rings. The zero-order chi connectivity index (χ0) is 20.9. The van der Waals surface area contributed by atoms with Crippen LogP contribution in [0.5, 0.6) is 0 Å². The van der Waals surface area contributed by atoms with Crippen LogP contribution in [0.2, 0.25) is 0 Å². The molecule has 0 aliphatic carbocycles. The van der Waals surface area contributed by atoms with Crippen LogP contribution >= 0.6 is 0 Å². The predicted octanol–water partition coefficient (Wildman–Crippen LogP) is 1.90. The lowest BCUT2D eigenvalue weighted by atomic mass is 10.3. The Labute approximate surface area is 169 Å². The number of nitrogens with one attached hydrogen (secondary N) is 2. The van der Waals surface area contributed by atoms with E-state index in [4.69, 9.17) is 4.74 Å². The fourth-order valence-electron chi connectivity index (χ4n) is 2.77. The van der Waals surface area contributed by atoms with Gasteiger partial charge in [-0.1, -0.05) is 6.92 Å². The van der Waals surface area contributed by atoms with E-state index in [0.717, 1.165) is 0 Å².